The van der Waals surface area contributed by atoms with Crippen LogP contribution in [0.4, 0.5) is 5.69 Å². The van der Waals surface area contributed by atoms with E-state index in [0.717, 1.165) is 0 Å². The van der Waals surface area contributed by atoms with Gasteiger partial charge < -0.3 is 14.5 Å². The second kappa shape index (κ2) is 8.04. The zero-order valence-corrected chi connectivity index (χ0v) is 17.0. The molecule has 1 aliphatic rings. The van der Waals surface area contributed by atoms with Crippen LogP contribution in [-0.2, 0) is 9.53 Å². The Bertz CT molecular complexity index is 1150. The molecule has 0 spiro atoms. The normalized spacial score (nSPS) is 15.5. The topological polar surface area (TPSA) is 84.1 Å². The molecule has 1 atom stereocenters. The van der Waals surface area contributed by atoms with Gasteiger partial charge in [0.05, 0.1) is 0 Å². The Kier molecular flexibility index (Phi) is 5.29. The van der Waals surface area contributed by atoms with Gasteiger partial charge in [-0.25, -0.2) is 0 Å². The lowest BCUT2D eigenvalue weighted by Crippen LogP contribution is -2.25. The third-order valence-electron chi connectivity index (χ3n) is 4.43. The second-order valence-corrected chi connectivity index (χ2v) is 7.18. The number of rotatable bonds is 4. The van der Waals surface area contributed by atoms with Crippen LogP contribution in [0.2, 0.25) is 5.02 Å². The molecule has 3 aromatic rings. The molecule has 0 saturated heterocycles. The third kappa shape index (κ3) is 4.06. The second-order valence-electron chi connectivity index (χ2n) is 6.74. The molecule has 1 aliphatic heterocycles. The Hall–Kier alpha value is -3.58. The van der Waals surface area contributed by atoms with E-state index in [-0.39, 0.29) is 17.7 Å². The van der Waals surface area contributed by atoms with Crippen molar-refractivity contribution in [3.8, 4) is 0 Å². The summed E-state index contributed by atoms with van der Waals surface area (Å²) in [4.78, 5) is 24.6. The van der Waals surface area contributed by atoms with Crippen LogP contribution in [0, 0.1) is 6.92 Å². The Balaban J connectivity index is 1.57. The zero-order chi connectivity index (χ0) is 21.3. The molecule has 4 rings (SSSR count). The summed E-state index contributed by atoms with van der Waals surface area (Å²) in [5.74, 6) is 0.781. The zero-order valence-electron chi connectivity index (χ0n) is 16.3. The largest absolute Gasteiger partial charge is 0.456 e. The number of aryl methyl sites for hydroxylation is 1. The molecular formula is C22H18ClN3O4. The monoisotopic (exact) mass is 423 g/mol. The van der Waals surface area contributed by atoms with Crippen LogP contribution in [-0.4, -0.2) is 22.7 Å². The summed E-state index contributed by atoms with van der Waals surface area (Å²) < 4.78 is 11.5. The van der Waals surface area contributed by atoms with E-state index in [1.165, 1.54) is 11.9 Å². The number of hydrogen-bond acceptors (Lipinski definition) is 5. The van der Waals surface area contributed by atoms with Gasteiger partial charge >= 0.3 is 0 Å². The first-order valence-electron chi connectivity index (χ1n) is 9.19. The first-order chi connectivity index (χ1) is 14.4. The number of ether oxygens (including phenoxy) is 1. The average Bonchev–Trinajstić information content (AvgIpc) is 3.35. The van der Waals surface area contributed by atoms with Gasteiger partial charge in [-0.1, -0.05) is 29.8 Å². The molecule has 1 unspecified atom stereocenters. The summed E-state index contributed by atoms with van der Waals surface area (Å²) in [5, 5.41) is 8.81. The smallest absolute Gasteiger partial charge is 0.277 e. The summed E-state index contributed by atoms with van der Waals surface area (Å²) in [5.41, 5.74) is 1.64. The third-order valence-corrected chi connectivity index (χ3v) is 4.67. The number of carbonyl (C=O) groups excluding carboxylic acids is 2. The van der Waals surface area contributed by atoms with Crippen molar-refractivity contribution in [3.63, 3.8) is 0 Å². The van der Waals surface area contributed by atoms with Gasteiger partial charge in [-0.05, 0) is 49.4 Å². The summed E-state index contributed by atoms with van der Waals surface area (Å²) in [6.07, 6.45) is -0.772. The molecular weight excluding hydrogens is 406 g/mol. The highest BCUT2D eigenvalue weighted by Crippen LogP contribution is 2.32. The quantitative estimate of drug-likeness (QED) is 0.657. The fraction of sp³-hybridized carbons (Fsp3) is 0.136. The van der Waals surface area contributed by atoms with Crippen LogP contribution >= 0.6 is 11.6 Å². The van der Waals surface area contributed by atoms with Crippen molar-refractivity contribution in [1.82, 2.24) is 5.01 Å². The van der Waals surface area contributed by atoms with Gasteiger partial charge in [-0.3, -0.25) is 9.59 Å². The molecule has 0 aliphatic carbocycles. The SMILES string of the molecule is CC(=O)N1N=C(c2ccc(C)o2)OC1c1cccc(NC(=O)c2cccc(Cl)c2)c1. The predicted octanol–water partition coefficient (Wildman–Crippen LogP) is 4.73. The van der Waals surface area contributed by atoms with Crippen LogP contribution in [0.3, 0.4) is 0 Å². The van der Waals surface area contributed by atoms with Crippen LogP contribution in [0.1, 0.15) is 40.6 Å². The van der Waals surface area contributed by atoms with E-state index in [0.29, 0.717) is 33.4 Å². The van der Waals surface area contributed by atoms with Gasteiger partial charge in [-0.2, -0.15) is 5.01 Å². The fourth-order valence-corrected chi connectivity index (χ4v) is 3.22. The van der Waals surface area contributed by atoms with Crippen LogP contribution in [0.5, 0.6) is 0 Å². The van der Waals surface area contributed by atoms with E-state index in [1.807, 2.05) is 6.92 Å². The lowest BCUT2D eigenvalue weighted by molar-refractivity contribution is -0.135. The number of nitrogens with zero attached hydrogens (tertiary/aromatic N) is 2. The number of nitrogens with one attached hydrogen (secondary N) is 1. The van der Waals surface area contributed by atoms with Crippen molar-refractivity contribution in [3.05, 3.63) is 88.3 Å². The highest BCUT2D eigenvalue weighted by atomic mass is 35.5. The van der Waals surface area contributed by atoms with Gasteiger partial charge in [-0.15, -0.1) is 5.10 Å². The van der Waals surface area contributed by atoms with Crippen LogP contribution in [0.15, 0.2) is 70.2 Å². The van der Waals surface area contributed by atoms with Crippen LogP contribution < -0.4 is 5.32 Å². The Morgan fingerprint density at radius 3 is 2.60 bits per heavy atom. The van der Waals surface area contributed by atoms with Crippen LogP contribution in [0.25, 0.3) is 0 Å². The Morgan fingerprint density at radius 2 is 1.90 bits per heavy atom. The Morgan fingerprint density at radius 1 is 1.10 bits per heavy atom. The fourth-order valence-electron chi connectivity index (χ4n) is 3.03. The van der Waals surface area contributed by atoms with E-state index < -0.39 is 6.23 Å². The minimum absolute atomic E-state index is 0.219. The number of anilines is 1. The first-order valence-corrected chi connectivity index (χ1v) is 9.57. The number of carbonyl (C=O) groups is 2. The molecule has 8 heteroatoms. The molecule has 152 valence electrons. The van der Waals surface area contributed by atoms with Crippen molar-refractivity contribution >= 4 is 35.0 Å². The van der Waals surface area contributed by atoms with E-state index in [4.69, 9.17) is 20.8 Å². The number of hydrogen-bond donors (Lipinski definition) is 1. The van der Waals surface area contributed by atoms with Crippen molar-refractivity contribution in [2.75, 3.05) is 5.32 Å². The van der Waals surface area contributed by atoms with Crippen molar-refractivity contribution in [1.29, 1.82) is 0 Å². The molecule has 2 heterocycles. The van der Waals surface area contributed by atoms with Gasteiger partial charge in [0.2, 0.25) is 12.1 Å². The molecule has 2 aromatic carbocycles. The summed E-state index contributed by atoms with van der Waals surface area (Å²) in [6, 6.07) is 17.2. The number of halogens is 1. The lowest BCUT2D eigenvalue weighted by atomic mass is 10.1. The molecule has 0 radical (unpaired) electrons. The molecule has 0 bridgehead atoms. The highest BCUT2D eigenvalue weighted by Gasteiger charge is 2.34. The molecule has 7 nitrogen and oxygen atoms in total. The van der Waals surface area contributed by atoms with Crippen molar-refractivity contribution in [2.24, 2.45) is 5.10 Å². The maximum Gasteiger partial charge on any atom is 0.277 e. The minimum Gasteiger partial charge on any atom is -0.456 e. The van der Waals surface area contributed by atoms with E-state index in [2.05, 4.69) is 10.4 Å². The van der Waals surface area contributed by atoms with Gasteiger partial charge in [0.1, 0.15) is 5.76 Å². The number of benzene rings is 2. The summed E-state index contributed by atoms with van der Waals surface area (Å²) in [7, 11) is 0. The van der Waals surface area contributed by atoms with E-state index in [9.17, 15) is 9.59 Å². The molecule has 1 aromatic heterocycles. The molecule has 0 fully saturated rings. The van der Waals surface area contributed by atoms with Gasteiger partial charge in [0.25, 0.3) is 11.8 Å². The van der Waals surface area contributed by atoms with E-state index >= 15 is 0 Å². The molecule has 0 saturated carbocycles. The minimum atomic E-state index is -0.772. The maximum absolute atomic E-state index is 12.5. The number of furan rings is 1. The average molecular weight is 424 g/mol. The van der Waals surface area contributed by atoms with Crippen molar-refractivity contribution in [2.45, 2.75) is 20.1 Å². The van der Waals surface area contributed by atoms with E-state index in [1.54, 1.807) is 60.7 Å². The summed E-state index contributed by atoms with van der Waals surface area (Å²) in [6.45, 7) is 3.21. The number of amides is 2. The first kappa shape index (κ1) is 19.7. The summed E-state index contributed by atoms with van der Waals surface area (Å²) >= 11 is 5.96. The lowest BCUT2D eigenvalue weighted by Gasteiger charge is -2.19. The van der Waals surface area contributed by atoms with Crippen molar-refractivity contribution < 1.29 is 18.7 Å². The molecule has 30 heavy (non-hydrogen) atoms. The number of hydrazone groups is 1. The maximum atomic E-state index is 12.5. The van der Waals surface area contributed by atoms with Gasteiger partial charge in [0, 0.05) is 28.8 Å². The molecule has 1 N–H and O–H groups in total. The Labute approximate surface area is 177 Å². The highest BCUT2D eigenvalue weighted by molar-refractivity contribution is 6.31. The molecule has 2 amide bonds. The van der Waals surface area contributed by atoms with Gasteiger partial charge in [0.15, 0.2) is 5.76 Å². The standard InChI is InChI=1S/C22H18ClN3O4/c1-13-9-10-19(29-13)21-25-26(14(2)27)22(30-21)16-6-4-8-18(12-16)24-20(28)15-5-3-7-17(23)11-15/h3-12,22H,1-2H3,(H,24,28). The predicted molar refractivity (Wildman–Crippen MR) is 112 cm³/mol.